The molecule has 108 valence electrons. The summed E-state index contributed by atoms with van der Waals surface area (Å²) < 4.78 is 2.16. The zero-order chi connectivity index (χ0) is 13.9. The Kier molecular flexibility index (Phi) is 7.78. The van der Waals surface area contributed by atoms with E-state index in [2.05, 4.69) is 53.4 Å². The van der Waals surface area contributed by atoms with Gasteiger partial charge < -0.3 is 15.2 Å². The molecule has 0 unspecified atom stereocenters. The molecule has 0 saturated heterocycles. The van der Waals surface area contributed by atoms with Crippen molar-refractivity contribution in [3.8, 4) is 0 Å². The van der Waals surface area contributed by atoms with Crippen molar-refractivity contribution < 1.29 is 0 Å². The number of aromatic nitrogens is 1. The number of rotatable bonds is 8. The largest absolute Gasteiger partial charge is 0.357 e. The first kappa shape index (κ1) is 15.6. The zero-order valence-electron chi connectivity index (χ0n) is 12.5. The Morgan fingerprint density at radius 3 is 2.58 bits per heavy atom. The van der Waals surface area contributed by atoms with Crippen LogP contribution in [0.15, 0.2) is 29.5 Å². The van der Waals surface area contributed by atoms with E-state index in [1.165, 1.54) is 6.42 Å². The van der Waals surface area contributed by atoms with Gasteiger partial charge in [-0.1, -0.05) is 13.8 Å². The molecule has 4 nitrogen and oxygen atoms in total. The first-order valence-electron chi connectivity index (χ1n) is 7.35. The van der Waals surface area contributed by atoms with Crippen molar-refractivity contribution in [2.45, 2.75) is 40.2 Å². The summed E-state index contributed by atoms with van der Waals surface area (Å²) >= 11 is 0. The third kappa shape index (κ3) is 7.54. The van der Waals surface area contributed by atoms with Gasteiger partial charge in [-0.2, -0.15) is 0 Å². The van der Waals surface area contributed by atoms with Crippen LogP contribution in [-0.2, 0) is 6.54 Å². The minimum Gasteiger partial charge on any atom is -0.357 e. The molecule has 0 spiro atoms. The van der Waals surface area contributed by atoms with E-state index >= 15 is 0 Å². The van der Waals surface area contributed by atoms with Gasteiger partial charge in [-0.15, -0.1) is 0 Å². The van der Waals surface area contributed by atoms with Gasteiger partial charge in [0.2, 0.25) is 0 Å². The van der Waals surface area contributed by atoms with Crippen molar-refractivity contribution >= 4 is 5.96 Å². The van der Waals surface area contributed by atoms with E-state index < -0.39 is 0 Å². The smallest absolute Gasteiger partial charge is 0.191 e. The van der Waals surface area contributed by atoms with Gasteiger partial charge >= 0.3 is 0 Å². The minimum absolute atomic E-state index is 0.763. The normalized spacial score (nSPS) is 11.9. The molecule has 1 rings (SSSR count). The second-order valence-corrected chi connectivity index (χ2v) is 5.14. The van der Waals surface area contributed by atoms with E-state index in [0.717, 1.165) is 44.5 Å². The van der Waals surface area contributed by atoms with Crippen LogP contribution in [0.2, 0.25) is 0 Å². The average molecular weight is 264 g/mol. The van der Waals surface area contributed by atoms with Crippen LogP contribution in [0.25, 0.3) is 0 Å². The summed E-state index contributed by atoms with van der Waals surface area (Å²) in [6.07, 6.45) is 6.56. The summed E-state index contributed by atoms with van der Waals surface area (Å²) in [4.78, 5) is 4.59. The first-order chi connectivity index (χ1) is 9.22. The van der Waals surface area contributed by atoms with Gasteiger partial charge in [0.1, 0.15) is 0 Å². The van der Waals surface area contributed by atoms with Crippen molar-refractivity contribution in [3.05, 3.63) is 24.5 Å². The molecule has 1 aromatic heterocycles. The van der Waals surface area contributed by atoms with Gasteiger partial charge in [0.15, 0.2) is 5.96 Å². The third-order valence-electron chi connectivity index (χ3n) is 2.88. The summed E-state index contributed by atoms with van der Waals surface area (Å²) in [6, 6.07) is 4.09. The molecule has 0 atom stereocenters. The highest BCUT2D eigenvalue weighted by atomic mass is 15.2. The molecule has 19 heavy (non-hydrogen) atoms. The van der Waals surface area contributed by atoms with Crippen molar-refractivity contribution in [1.82, 2.24) is 15.2 Å². The molecule has 0 radical (unpaired) electrons. The fraction of sp³-hybridized carbons (Fsp3) is 0.667. The Morgan fingerprint density at radius 1 is 1.21 bits per heavy atom. The van der Waals surface area contributed by atoms with Gasteiger partial charge in [0.25, 0.3) is 0 Å². The highest BCUT2D eigenvalue weighted by Crippen LogP contribution is 2.02. The molecule has 0 bridgehead atoms. The molecule has 4 heteroatoms. The van der Waals surface area contributed by atoms with E-state index in [0.29, 0.717) is 0 Å². The molecule has 0 amide bonds. The van der Waals surface area contributed by atoms with E-state index in [9.17, 15) is 0 Å². The molecule has 0 saturated carbocycles. The second-order valence-electron chi connectivity index (χ2n) is 5.14. The topological polar surface area (TPSA) is 41.4 Å². The zero-order valence-corrected chi connectivity index (χ0v) is 12.5. The van der Waals surface area contributed by atoms with Crippen LogP contribution in [0.5, 0.6) is 0 Å². The number of hydrogen-bond acceptors (Lipinski definition) is 1. The predicted octanol–water partition coefficient (Wildman–Crippen LogP) is 2.48. The first-order valence-corrected chi connectivity index (χ1v) is 7.35. The lowest BCUT2D eigenvalue weighted by Crippen LogP contribution is -2.38. The standard InChI is InChI=1S/C15H28N4/c1-4-16-15(17-9-7-8-14(2)3)18-10-13-19-11-5-6-12-19/h5-6,11-12,14H,4,7-10,13H2,1-3H3,(H2,16,17,18). The Bertz CT molecular complexity index is 341. The summed E-state index contributed by atoms with van der Waals surface area (Å²) in [7, 11) is 0. The maximum Gasteiger partial charge on any atom is 0.191 e. The molecular formula is C15H28N4. The molecule has 0 aliphatic carbocycles. The molecule has 0 aliphatic rings. The number of aliphatic imine (C=N–C) groups is 1. The fourth-order valence-electron chi connectivity index (χ4n) is 1.85. The number of guanidine groups is 1. The lowest BCUT2D eigenvalue weighted by molar-refractivity contribution is 0.560. The molecular weight excluding hydrogens is 236 g/mol. The Hall–Kier alpha value is -1.45. The predicted molar refractivity (Wildman–Crippen MR) is 82.5 cm³/mol. The molecule has 0 aliphatic heterocycles. The van der Waals surface area contributed by atoms with Crippen molar-refractivity contribution in [2.75, 3.05) is 19.6 Å². The van der Waals surface area contributed by atoms with Crippen molar-refractivity contribution in [2.24, 2.45) is 10.9 Å². The van der Waals surface area contributed by atoms with Crippen LogP contribution in [0.1, 0.15) is 33.6 Å². The number of nitrogens with zero attached hydrogens (tertiary/aromatic N) is 2. The third-order valence-corrected chi connectivity index (χ3v) is 2.88. The highest BCUT2D eigenvalue weighted by Gasteiger charge is 1.97. The summed E-state index contributed by atoms with van der Waals surface area (Å²) in [5, 5.41) is 6.65. The summed E-state index contributed by atoms with van der Waals surface area (Å²) in [6.45, 7) is 10.3. The SMILES string of the molecule is CCNC(=NCCCC(C)C)NCCn1cccc1. The van der Waals surface area contributed by atoms with E-state index in [4.69, 9.17) is 0 Å². The van der Waals surface area contributed by atoms with Gasteiger partial charge in [-0.3, -0.25) is 4.99 Å². The van der Waals surface area contributed by atoms with Crippen LogP contribution in [-0.4, -0.2) is 30.2 Å². The summed E-state index contributed by atoms with van der Waals surface area (Å²) in [5.74, 6) is 1.69. The lowest BCUT2D eigenvalue weighted by atomic mass is 10.1. The monoisotopic (exact) mass is 264 g/mol. The van der Waals surface area contributed by atoms with E-state index in [1.807, 2.05) is 12.1 Å². The Balaban J connectivity index is 2.24. The number of nitrogens with one attached hydrogen (secondary N) is 2. The highest BCUT2D eigenvalue weighted by molar-refractivity contribution is 5.79. The van der Waals surface area contributed by atoms with Crippen LogP contribution in [0.3, 0.4) is 0 Å². The van der Waals surface area contributed by atoms with Crippen LogP contribution in [0.4, 0.5) is 0 Å². The maximum absolute atomic E-state index is 4.59. The van der Waals surface area contributed by atoms with Gasteiger partial charge in [-0.05, 0) is 37.8 Å². The Morgan fingerprint density at radius 2 is 1.95 bits per heavy atom. The summed E-state index contributed by atoms with van der Waals surface area (Å²) in [5.41, 5.74) is 0. The molecule has 2 N–H and O–H groups in total. The second kappa shape index (κ2) is 9.48. The van der Waals surface area contributed by atoms with E-state index in [1.54, 1.807) is 0 Å². The fourth-order valence-corrected chi connectivity index (χ4v) is 1.85. The van der Waals surface area contributed by atoms with Crippen molar-refractivity contribution in [1.29, 1.82) is 0 Å². The quantitative estimate of drug-likeness (QED) is 0.430. The van der Waals surface area contributed by atoms with Crippen LogP contribution < -0.4 is 10.6 Å². The Labute approximate surface area is 117 Å². The van der Waals surface area contributed by atoms with Gasteiger partial charge in [0, 0.05) is 38.6 Å². The number of hydrogen-bond donors (Lipinski definition) is 2. The van der Waals surface area contributed by atoms with Gasteiger partial charge in [0.05, 0.1) is 0 Å². The van der Waals surface area contributed by atoms with E-state index in [-0.39, 0.29) is 0 Å². The lowest BCUT2D eigenvalue weighted by Gasteiger charge is -2.12. The van der Waals surface area contributed by atoms with Crippen LogP contribution >= 0.6 is 0 Å². The maximum atomic E-state index is 4.59. The molecule has 0 fully saturated rings. The molecule has 0 aromatic carbocycles. The van der Waals surface area contributed by atoms with Crippen molar-refractivity contribution in [3.63, 3.8) is 0 Å². The van der Waals surface area contributed by atoms with Crippen LogP contribution in [0, 0.1) is 5.92 Å². The molecule has 1 aromatic rings. The minimum atomic E-state index is 0.763. The van der Waals surface area contributed by atoms with Gasteiger partial charge in [-0.25, -0.2) is 0 Å². The average Bonchev–Trinajstić information content (AvgIpc) is 2.87. The molecule has 1 heterocycles.